The van der Waals surface area contributed by atoms with Crippen LogP contribution in [0.1, 0.15) is 33.6 Å². The van der Waals surface area contributed by atoms with Crippen LogP contribution in [0.4, 0.5) is 13.2 Å². The summed E-state index contributed by atoms with van der Waals surface area (Å²) in [6, 6.07) is 0. The summed E-state index contributed by atoms with van der Waals surface area (Å²) in [5, 5.41) is 6.37. The third-order valence-electron chi connectivity index (χ3n) is 4.94. The van der Waals surface area contributed by atoms with E-state index < -0.39 is 15.5 Å². The van der Waals surface area contributed by atoms with Crippen LogP contribution in [0, 0.1) is 5.92 Å². The summed E-state index contributed by atoms with van der Waals surface area (Å²) < 4.78 is 61.3. The molecule has 1 saturated heterocycles. The smallest absolute Gasteiger partial charge is 0.357 e. The molecule has 0 bridgehead atoms. The Kier molecular flexibility index (Phi) is 8.36. The number of nitrogens with one attached hydrogen (secondary N) is 2. The number of guanidine groups is 1. The van der Waals surface area contributed by atoms with Gasteiger partial charge >= 0.3 is 15.5 Å². The molecule has 0 unspecified atom stereocenters. The number of alkyl halides is 3. The van der Waals surface area contributed by atoms with Crippen LogP contribution in [-0.4, -0.2) is 81.4 Å². The highest BCUT2D eigenvalue weighted by molar-refractivity contribution is 7.90. The molecule has 27 heavy (non-hydrogen) atoms. The van der Waals surface area contributed by atoms with E-state index in [9.17, 15) is 21.6 Å². The Morgan fingerprint density at radius 3 is 2.19 bits per heavy atom. The summed E-state index contributed by atoms with van der Waals surface area (Å²) in [7, 11) is -1.25. The number of halogens is 3. The lowest BCUT2D eigenvalue weighted by atomic mass is 9.98. The number of aliphatic imine (C=N–C) groups is 1. The fraction of sp³-hybridized carbons (Fsp3) is 0.938. The number of likely N-dealkylation sites (N-methyl/N-ethyl adjacent to an activating group) is 1. The average Bonchev–Trinajstić information content (AvgIpc) is 2.56. The quantitative estimate of drug-likeness (QED) is 0.486. The highest BCUT2D eigenvalue weighted by Gasteiger charge is 2.50. The third-order valence-corrected chi connectivity index (χ3v) is 6.57. The minimum absolute atomic E-state index is 0.0930. The molecule has 0 saturated carbocycles. The van der Waals surface area contributed by atoms with E-state index in [1.165, 1.54) is 0 Å². The van der Waals surface area contributed by atoms with Crippen molar-refractivity contribution in [1.29, 1.82) is 0 Å². The molecule has 1 rings (SSSR count). The van der Waals surface area contributed by atoms with Crippen LogP contribution in [0.5, 0.6) is 0 Å². The van der Waals surface area contributed by atoms with Gasteiger partial charge in [-0.3, -0.25) is 4.99 Å². The van der Waals surface area contributed by atoms with Gasteiger partial charge < -0.3 is 15.5 Å². The lowest BCUT2D eigenvalue weighted by Gasteiger charge is -2.32. The molecular formula is C16H32F3N5O2S. The molecule has 0 aromatic rings. The summed E-state index contributed by atoms with van der Waals surface area (Å²) >= 11 is 0. The Hall–Kier alpha value is -1.07. The molecule has 0 amide bonds. The number of hydrogen-bond donors (Lipinski definition) is 2. The van der Waals surface area contributed by atoms with Crippen molar-refractivity contribution in [3.8, 4) is 0 Å². The van der Waals surface area contributed by atoms with Gasteiger partial charge in [-0.15, -0.1) is 0 Å². The lowest BCUT2D eigenvalue weighted by molar-refractivity contribution is -0.0496. The molecule has 160 valence electrons. The summed E-state index contributed by atoms with van der Waals surface area (Å²) in [5.41, 5.74) is -5.35. The van der Waals surface area contributed by atoms with E-state index in [0.717, 1.165) is 0 Å². The molecule has 11 heteroatoms. The Morgan fingerprint density at radius 1 is 1.19 bits per heavy atom. The second-order valence-electron chi connectivity index (χ2n) is 7.58. The Labute approximate surface area is 160 Å². The minimum Gasteiger partial charge on any atom is -0.357 e. The van der Waals surface area contributed by atoms with E-state index >= 15 is 0 Å². The SMILES string of the molecule is CCNC(=NCC(C)(C)N(C)C)NCC1CCN(S(=O)(=O)C(F)(F)F)CC1. The molecule has 1 aliphatic heterocycles. The molecule has 0 aromatic carbocycles. The number of rotatable bonds is 7. The zero-order valence-corrected chi connectivity index (χ0v) is 17.5. The van der Waals surface area contributed by atoms with Gasteiger partial charge in [0.05, 0.1) is 6.54 Å². The largest absolute Gasteiger partial charge is 0.511 e. The van der Waals surface area contributed by atoms with Crippen molar-refractivity contribution in [2.45, 2.75) is 44.7 Å². The number of nitrogens with zero attached hydrogens (tertiary/aromatic N) is 3. The van der Waals surface area contributed by atoms with Crippen LogP contribution in [0.25, 0.3) is 0 Å². The first-order chi connectivity index (χ1) is 12.3. The molecule has 0 spiro atoms. The van der Waals surface area contributed by atoms with Crippen LogP contribution in [-0.2, 0) is 10.0 Å². The molecule has 2 N–H and O–H groups in total. The van der Waals surface area contributed by atoms with Crippen molar-refractivity contribution < 1.29 is 21.6 Å². The van der Waals surface area contributed by atoms with E-state index in [0.29, 0.717) is 42.7 Å². The van der Waals surface area contributed by atoms with Crippen molar-refractivity contribution in [3.05, 3.63) is 0 Å². The van der Waals surface area contributed by atoms with Gasteiger partial charge in [0.25, 0.3) is 0 Å². The van der Waals surface area contributed by atoms with Crippen LogP contribution >= 0.6 is 0 Å². The summed E-state index contributed by atoms with van der Waals surface area (Å²) in [6.45, 7) is 7.69. The fourth-order valence-electron chi connectivity index (χ4n) is 2.50. The van der Waals surface area contributed by atoms with Crippen LogP contribution in [0.2, 0.25) is 0 Å². The van der Waals surface area contributed by atoms with E-state index in [1.54, 1.807) is 0 Å². The van der Waals surface area contributed by atoms with Gasteiger partial charge in [-0.2, -0.15) is 17.5 Å². The summed E-state index contributed by atoms with van der Waals surface area (Å²) in [6.07, 6.45) is 0.760. The normalized spacial score (nSPS) is 18.8. The van der Waals surface area contributed by atoms with E-state index in [2.05, 4.69) is 34.4 Å². The second-order valence-corrected chi connectivity index (χ2v) is 9.51. The molecule has 0 atom stereocenters. The van der Waals surface area contributed by atoms with Gasteiger partial charge in [-0.05, 0) is 53.6 Å². The van der Waals surface area contributed by atoms with Crippen LogP contribution < -0.4 is 10.6 Å². The predicted molar refractivity (Wildman–Crippen MR) is 101 cm³/mol. The van der Waals surface area contributed by atoms with Crippen LogP contribution in [0.15, 0.2) is 4.99 Å². The maximum absolute atomic E-state index is 12.6. The molecule has 0 aromatic heterocycles. The van der Waals surface area contributed by atoms with Gasteiger partial charge in [-0.1, -0.05) is 0 Å². The molecule has 1 heterocycles. The number of piperidine rings is 1. The molecule has 0 radical (unpaired) electrons. The van der Waals surface area contributed by atoms with Gasteiger partial charge in [0.1, 0.15) is 0 Å². The summed E-state index contributed by atoms with van der Waals surface area (Å²) in [5.74, 6) is 0.744. The first-order valence-corrected chi connectivity index (χ1v) is 10.5. The highest BCUT2D eigenvalue weighted by Crippen LogP contribution is 2.30. The average molecular weight is 416 g/mol. The van der Waals surface area contributed by atoms with Gasteiger partial charge in [0.15, 0.2) is 5.96 Å². The second kappa shape index (κ2) is 9.42. The van der Waals surface area contributed by atoms with E-state index in [1.807, 2.05) is 21.0 Å². The molecule has 7 nitrogen and oxygen atoms in total. The molecule has 1 aliphatic rings. The predicted octanol–water partition coefficient (Wildman–Crippen LogP) is 1.44. The standard InChI is InChI=1S/C16H32F3N5O2S/c1-6-20-14(22-12-15(2,3)23(4)5)21-11-13-7-9-24(10-8-13)27(25,26)16(17,18)19/h13H,6-12H2,1-5H3,(H2,20,21,22). The zero-order chi connectivity index (χ0) is 20.9. The van der Waals surface area contributed by atoms with Crippen molar-refractivity contribution >= 4 is 16.0 Å². The molecular weight excluding hydrogens is 383 g/mol. The van der Waals surface area contributed by atoms with Crippen molar-refractivity contribution in [2.75, 3.05) is 46.8 Å². The van der Waals surface area contributed by atoms with Gasteiger partial charge in [-0.25, -0.2) is 8.42 Å². The van der Waals surface area contributed by atoms with Crippen LogP contribution in [0.3, 0.4) is 0 Å². The highest BCUT2D eigenvalue weighted by atomic mass is 32.2. The van der Waals surface area contributed by atoms with Crippen molar-refractivity contribution in [3.63, 3.8) is 0 Å². The van der Waals surface area contributed by atoms with Crippen molar-refractivity contribution in [2.24, 2.45) is 10.9 Å². The third kappa shape index (κ3) is 6.79. The Morgan fingerprint density at radius 2 is 1.74 bits per heavy atom. The lowest BCUT2D eigenvalue weighted by Crippen LogP contribution is -2.47. The topological polar surface area (TPSA) is 77.0 Å². The maximum Gasteiger partial charge on any atom is 0.511 e. The van der Waals surface area contributed by atoms with E-state index in [-0.39, 0.29) is 24.5 Å². The first-order valence-electron chi connectivity index (χ1n) is 9.07. The monoisotopic (exact) mass is 415 g/mol. The maximum atomic E-state index is 12.6. The number of hydrogen-bond acceptors (Lipinski definition) is 4. The van der Waals surface area contributed by atoms with Gasteiger partial charge in [0, 0.05) is 31.7 Å². The molecule has 1 fully saturated rings. The van der Waals surface area contributed by atoms with E-state index in [4.69, 9.17) is 0 Å². The number of sulfonamides is 1. The zero-order valence-electron chi connectivity index (χ0n) is 16.7. The minimum atomic E-state index is -5.23. The first kappa shape index (κ1) is 24.0. The Balaban J connectivity index is 2.57. The molecule has 0 aliphatic carbocycles. The van der Waals surface area contributed by atoms with Crippen molar-refractivity contribution in [1.82, 2.24) is 19.8 Å². The Bertz CT molecular complexity index is 598. The summed E-state index contributed by atoms with van der Waals surface area (Å²) in [4.78, 5) is 6.66. The van der Waals surface area contributed by atoms with Gasteiger partial charge in [0.2, 0.25) is 0 Å². The fourth-order valence-corrected chi connectivity index (χ4v) is 3.48.